The third kappa shape index (κ3) is 4.13. The van der Waals surface area contributed by atoms with Gasteiger partial charge in [-0.2, -0.15) is 0 Å². The number of fused-ring (bicyclic) bond motifs is 1. The van der Waals surface area contributed by atoms with Gasteiger partial charge in [-0.1, -0.05) is 12.1 Å². The van der Waals surface area contributed by atoms with Gasteiger partial charge in [-0.25, -0.2) is 0 Å². The minimum atomic E-state index is -0.104. The molecule has 4 rings (SSSR count). The van der Waals surface area contributed by atoms with Crippen molar-refractivity contribution in [3.8, 4) is 5.75 Å². The highest BCUT2D eigenvalue weighted by Crippen LogP contribution is 2.29. The van der Waals surface area contributed by atoms with Crippen molar-refractivity contribution in [1.82, 2.24) is 25.0 Å². The van der Waals surface area contributed by atoms with Crippen molar-refractivity contribution in [3.63, 3.8) is 0 Å². The first-order valence-corrected chi connectivity index (χ1v) is 9.71. The summed E-state index contributed by atoms with van der Waals surface area (Å²) in [6, 6.07) is 8.14. The summed E-state index contributed by atoms with van der Waals surface area (Å²) in [7, 11) is 1.69. The fourth-order valence-electron chi connectivity index (χ4n) is 3.60. The fraction of sp³-hybridized carbons (Fsp3) is 0.550. The standard InChI is InChI=1S/C20H27N5O2/c1-14(21-20(26)16-5-6-16)19-23-22-18-9-10-24(11-12-25(18)19)13-15-3-7-17(27-2)8-4-15/h3-4,7-8,14,16H,5-6,9-13H2,1-2H3,(H,21,26). The van der Waals surface area contributed by atoms with E-state index in [1.807, 2.05) is 19.1 Å². The van der Waals surface area contributed by atoms with E-state index in [2.05, 4.69) is 37.1 Å². The lowest BCUT2D eigenvalue weighted by molar-refractivity contribution is -0.123. The van der Waals surface area contributed by atoms with Gasteiger partial charge in [0.1, 0.15) is 11.6 Å². The summed E-state index contributed by atoms with van der Waals surface area (Å²) < 4.78 is 7.42. The summed E-state index contributed by atoms with van der Waals surface area (Å²) in [6.45, 7) is 5.64. The van der Waals surface area contributed by atoms with Crippen LogP contribution < -0.4 is 10.1 Å². The average Bonchev–Trinajstić information content (AvgIpc) is 3.48. The van der Waals surface area contributed by atoms with Crippen LogP contribution in [-0.4, -0.2) is 45.8 Å². The van der Waals surface area contributed by atoms with Gasteiger partial charge in [0.2, 0.25) is 5.91 Å². The topological polar surface area (TPSA) is 72.3 Å². The Bertz CT molecular complexity index is 797. The maximum Gasteiger partial charge on any atom is 0.223 e. The molecule has 7 nitrogen and oxygen atoms in total. The molecule has 2 aromatic rings. The highest BCUT2D eigenvalue weighted by atomic mass is 16.5. The van der Waals surface area contributed by atoms with Gasteiger partial charge in [0.05, 0.1) is 13.2 Å². The van der Waals surface area contributed by atoms with E-state index in [1.54, 1.807) is 7.11 Å². The first-order valence-electron chi connectivity index (χ1n) is 9.71. The van der Waals surface area contributed by atoms with Gasteiger partial charge in [0.25, 0.3) is 0 Å². The second-order valence-electron chi connectivity index (χ2n) is 7.50. The summed E-state index contributed by atoms with van der Waals surface area (Å²) in [5, 5.41) is 11.8. The number of nitrogens with one attached hydrogen (secondary N) is 1. The Balaban J connectivity index is 1.39. The number of amides is 1. The predicted molar refractivity (Wildman–Crippen MR) is 101 cm³/mol. The normalized spacial score (nSPS) is 18.4. The van der Waals surface area contributed by atoms with E-state index in [0.717, 1.165) is 62.8 Å². The lowest BCUT2D eigenvalue weighted by Crippen LogP contribution is -2.31. The third-order valence-corrected chi connectivity index (χ3v) is 5.41. The molecular formula is C20H27N5O2. The minimum absolute atomic E-state index is 0.104. The summed E-state index contributed by atoms with van der Waals surface area (Å²) in [5.41, 5.74) is 1.28. The molecule has 2 aliphatic rings. The first kappa shape index (κ1) is 18.0. The summed E-state index contributed by atoms with van der Waals surface area (Å²) in [4.78, 5) is 14.5. The molecule has 1 aliphatic carbocycles. The van der Waals surface area contributed by atoms with Gasteiger partial charge in [0, 0.05) is 38.5 Å². The molecule has 1 amide bonds. The van der Waals surface area contributed by atoms with Crippen molar-refractivity contribution in [1.29, 1.82) is 0 Å². The van der Waals surface area contributed by atoms with Crippen LogP contribution in [0.5, 0.6) is 5.75 Å². The smallest absolute Gasteiger partial charge is 0.223 e. The molecule has 0 saturated heterocycles. The van der Waals surface area contributed by atoms with Crippen molar-refractivity contribution in [2.45, 2.75) is 45.3 Å². The Kier molecular flexibility index (Phi) is 5.11. The van der Waals surface area contributed by atoms with Crippen LogP contribution in [0.25, 0.3) is 0 Å². The van der Waals surface area contributed by atoms with Gasteiger partial charge in [-0.05, 0) is 37.5 Å². The third-order valence-electron chi connectivity index (χ3n) is 5.41. The molecule has 1 unspecified atom stereocenters. The van der Waals surface area contributed by atoms with Crippen LogP contribution in [0, 0.1) is 5.92 Å². The van der Waals surface area contributed by atoms with Crippen molar-refractivity contribution >= 4 is 5.91 Å². The van der Waals surface area contributed by atoms with Crippen molar-refractivity contribution in [2.24, 2.45) is 5.92 Å². The Hall–Kier alpha value is -2.41. The van der Waals surface area contributed by atoms with Gasteiger partial charge in [0.15, 0.2) is 5.82 Å². The number of ether oxygens (including phenoxy) is 1. The molecule has 1 N–H and O–H groups in total. The van der Waals surface area contributed by atoms with Gasteiger partial charge in [-0.15, -0.1) is 10.2 Å². The summed E-state index contributed by atoms with van der Waals surface area (Å²) in [5.74, 6) is 3.11. The van der Waals surface area contributed by atoms with E-state index >= 15 is 0 Å². The van der Waals surface area contributed by atoms with Crippen molar-refractivity contribution < 1.29 is 9.53 Å². The fourth-order valence-corrected chi connectivity index (χ4v) is 3.60. The molecule has 0 radical (unpaired) electrons. The van der Waals surface area contributed by atoms with E-state index in [-0.39, 0.29) is 17.9 Å². The van der Waals surface area contributed by atoms with Crippen LogP contribution in [0.3, 0.4) is 0 Å². The lowest BCUT2D eigenvalue weighted by Gasteiger charge is -2.20. The minimum Gasteiger partial charge on any atom is -0.497 e. The first-order chi connectivity index (χ1) is 13.1. The Labute approximate surface area is 159 Å². The molecule has 1 aromatic carbocycles. The molecule has 1 saturated carbocycles. The number of aromatic nitrogens is 3. The number of hydrogen-bond donors (Lipinski definition) is 1. The number of benzene rings is 1. The van der Waals surface area contributed by atoms with E-state index in [1.165, 1.54) is 5.56 Å². The number of rotatable bonds is 6. The maximum atomic E-state index is 12.1. The second-order valence-corrected chi connectivity index (χ2v) is 7.50. The molecule has 0 bridgehead atoms. The van der Waals surface area contributed by atoms with E-state index < -0.39 is 0 Å². The molecule has 1 aromatic heterocycles. The number of methoxy groups -OCH3 is 1. The largest absolute Gasteiger partial charge is 0.497 e. The lowest BCUT2D eigenvalue weighted by atomic mass is 10.2. The van der Waals surface area contributed by atoms with Crippen LogP contribution >= 0.6 is 0 Å². The molecule has 27 heavy (non-hydrogen) atoms. The summed E-state index contributed by atoms with van der Waals surface area (Å²) >= 11 is 0. The zero-order chi connectivity index (χ0) is 18.8. The van der Waals surface area contributed by atoms with Crippen LogP contribution in [0.4, 0.5) is 0 Å². The van der Waals surface area contributed by atoms with Crippen LogP contribution in [0.2, 0.25) is 0 Å². The Morgan fingerprint density at radius 2 is 2.00 bits per heavy atom. The number of carbonyl (C=O) groups is 1. The van der Waals surface area contributed by atoms with E-state index in [0.29, 0.717) is 0 Å². The Morgan fingerprint density at radius 1 is 1.22 bits per heavy atom. The molecule has 7 heteroatoms. The number of hydrogen-bond acceptors (Lipinski definition) is 5. The molecule has 1 aliphatic heterocycles. The predicted octanol–water partition coefficient (Wildman–Crippen LogP) is 1.93. The Morgan fingerprint density at radius 3 is 2.70 bits per heavy atom. The van der Waals surface area contributed by atoms with Crippen LogP contribution in [0.15, 0.2) is 24.3 Å². The van der Waals surface area contributed by atoms with E-state index in [9.17, 15) is 4.79 Å². The van der Waals surface area contributed by atoms with Crippen LogP contribution in [0.1, 0.15) is 43.0 Å². The molecule has 1 fully saturated rings. The van der Waals surface area contributed by atoms with Crippen molar-refractivity contribution in [2.75, 3.05) is 20.2 Å². The van der Waals surface area contributed by atoms with Crippen LogP contribution in [-0.2, 0) is 24.3 Å². The monoisotopic (exact) mass is 369 g/mol. The molecule has 0 spiro atoms. The maximum absolute atomic E-state index is 12.1. The average molecular weight is 369 g/mol. The second kappa shape index (κ2) is 7.68. The van der Waals surface area contributed by atoms with Crippen molar-refractivity contribution in [3.05, 3.63) is 41.5 Å². The SMILES string of the molecule is COc1ccc(CN2CCc3nnc(C(C)NC(=O)C4CC4)n3CC2)cc1. The van der Waals surface area contributed by atoms with E-state index in [4.69, 9.17) is 4.74 Å². The number of nitrogens with zero attached hydrogens (tertiary/aromatic N) is 4. The summed E-state index contributed by atoms with van der Waals surface area (Å²) in [6.07, 6.45) is 2.89. The van der Waals surface area contributed by atoms with Gasteiger partial charge >= 0.3 is 0 Å². The molecule has 1 atom stereocenters. The zero-order valence-corrected chi connectivity index (χ0v) is 16.0. The van der Waals surface area contributed by atoms with Gasteiger partial charge in [-0.3, -0.25) is 9.69 Å². The highest BCUT2D eigenvalue weighted by Gasteiger charge is 2.31. The number of carbonyl (C=O) groups excluding carboxylic acids is 1. The zero-order valence-electron chi connectivity index (χ0n) is 16.0. The molecule has 144 valence electrons. The molecule has 2 heterocycles. The quantitative estimate of drug-likeness (QED) is 0.842. The molecular weight excluding hydrogens is 342 g/mol. The van der Waals surface area contributed by atoms with Gasteiger partial charge < -0.3 is 14.6 Å². The highest BCUT2D eigenvalue weighted by molar-refractivity contribution is 5.81.